The maximum Gasteiger partial charge on any atom is 0.0724 e. The quantitative estimate of drug-likeness (QED) is 0.822. The number of fused-ring (bicyclic) bond motifs is 1. The maximum absolute atomic E-state index is 6.23. The van der Waals surface area contributed by atoms with Crippen molar-refractivity contribution in [2.24, 2.45) is 0 Å². The molecule has 1 atom stereocenters. The van der Waals surface area contributed by atoms with E-state index in [2.05, 4.69) is 36.8 Å². The van der Waals surface area contributed by atoms with Crippen molar-refractivity contribution in [1.29, 1.82) is 0 Å². The van der Waals surface area contributed by atoms with E-state index in [0.29, 0.717) is 6.04 Å². The van der Waals surface area contributed by atoms with Gasteiger partial charge in [-0.15, -0.1) is 0 Å². The zero-order valence-corrected chi connectivity index (χ0v) is 10.6. The topological polar surface area (TPSA) is 42.2 Å². The monoisotopic (exact) mass is 229 g/mol. The van der Waals surface area contributed by atoms with E-state index in [9.17, 15) is 0 Å². The molecule has 2 rings (SSSR count). The lowest BCUT2D eigenvalue weighted by Crippen LogP contribution is -2.28. The van der Waals surface area contributed by atoms with E-state index in [1.54, 1.807) is 6.20 Å². The molecule has 0 saturated heterocycles. The highest BCUT2D eigenvalue weighted by Crippen LogP contribution is 2.31. The molecule has 0 aliphatic heterocycles. The number of nitrogens with two attached hydrogens (primary N) is 1. The molecule has 0 amide bonds. The Hall–Kier alpha value is -1.77. The number of aromatic nitrogens is 1. The van der Waals surface area contributed by atoms with Crippen LogP contribution in [0.2, 0.25) is 0 Å². The van der Waals surface area contributed by atoms with Gasteiger partial charge in [0.1, 0.15) is 0 Å². The van der Waals surface area contributed by atoms with Gasteiger partial charge < -0.3 is 10.6 Å². The number of rotatable bonds is 3. The van der Waals surface area contributed by atoms with Gasteiger partial charge in [-0.3, -0.25) is 4.98 Å². The first-order chi connectivity index (χ1) is 8.15. The molecule has 90 valence electrons. The van der Waals surface area contributed by atoms with E-state index in [1.807, 2.05) is 18.2 Å². The molecule has 2 aromatic rings. The average Bonchev–Trinajstić information content (AvgIpc) is 2.38. The molecule has 1 aromatic heterocycles. The molecule has 1 aromatic carbocycles. The summed E-state index contributed by atoms with van der Waals surface area (Å²) in [6.45, 7) is 4.38. The summed E-state index contributed by atoms with van der Waals surface area (Å²) in [4.78, 5) is 6.53. The van der Waals surface area contributed by atoms with Crippen LogP contribution in [0.1, 0.15) is 20.3 Å². The van der Waals surface area contributed by atoms with Gasteiger partial charge in [0, 0.05) is 24.7 Å². The van der Waals surface area contributed by atoms with Crippen LogP contribution in [0.15, 0.2) is 30.5 Å². The van der Waals surface area contributed by atoms with Crippen LogP contribution in [0.25, 0.3) is 10.9 Å². The van der Waals surface area contributed by atoms with Crippen LogP contribution >= 0.6 is 0 Å². The zero-order chi connectivity index (χ0) is 12.4. The van der Waals surface area contributed by atoms with E-state index in [-0.39, 0.29) is 0 Å². The zero-order valence-electron chi connectivity index (χ0n) is 10.6. The molecule has 0 bridgehead atoms. The number of anilines is 2. The third-order valence-electron chi connectivity index (χ3n) is 3.44. The van der Waals surface area contributed by atoms with E-state index in [0.717, 1.165) is 28.7 Å². The molecule has 0 spiro atoms. The smallest absolute Gasteiger partial charge is 0.0724 e. The molecule has 0 saturated carbocycles. The Morgan fingerprint density at radius 3 is 2.82 bits per heavy atom. The second-order valence-corrected chi connectivity index (χ2v) is 4.44. The largest absolute Gasteiger partial charge is 0.396 e. The molecular formula is C14H19N3. The highest BCUT2D eigenvalue weighted by Gasteiger charge is 2.12. The SMILES string of the molecule is CCC(C)N(C)c1ccc2ncccc2c1N. The minimum absolute atomic E-state index is 0.478. The van der Waals surface area contributed by atoms with Gasteiger partial charge in [0.25, 0.3) is 0 Å². The molecule has 2 N–H and O–H groups in total. The van der Waals surface area contributed by atoms with Crippen LogP contribution in [-0.4, -0.2) is 18.1 Å². The van der Waals surface area contributed by atoms with Crippen molar-refractivity contribution < 1.29 is 0 Å². The van der Waals surface area contributed by atoms with Crippen LogP contribution in [0, 0.1) is 0 Å². The molecule has 17 heavy (non-hydrogen) atoms. The highest BCUT2D eigenvalue weighted by atomic mass is 15.1. The van der Waals surface area contributed by atoms with Gasteiger partial charge in [-0.05, 0) is 37.6 Å². The fourth-order valence-electron chi connectivity index (χ4n) is 1.98. The minimum Gasteiger partial charge on any atom is -0.396 e. The van der Waals surface area contributed by atoms with Gasteiger partial charge in [-0.25, -0.2) is 0 Å². The molecule has 0 radical (unpaired) electrons. The van der Waals surface area contributed by atoms with Crippen molar-refractivity contribution in [2.75, 3.05) is 17.7 Å². The van der Waals surface area contributed by atoms with Gasteiger partial charge in [-0.2, -0.15) is 0 Å². The predicted molar refractivity (Wildman–Crippen MR) is 74.3 cm³/mol. The Labute approximate surface area is 102 Å². The molecule has 3 nitrogen and oxygen atoms in total. The first kappa shape index (κ1) is 11.7. The lowest BCUT2D eigenvalue weighted by atomic mass is 10.1. The highest BCUT2D eigenvalue weighted by molar-refractivity contribution is 5.97. The molecule has 1 heterocycles. The van der Waals surface area contributed by atoms with E-state index in [4.69, 9.17) is 5.73 Å². The molecule has 0 aliphatic carbocycles. The third kappa shape index (κ3) is 2.05. The number of hydrogen-bond acceptors (Lipinski definition) is 3. The van der Waals surface area contributed by atoms with Crippen molar-refractivity contribution in [3.63, 3.8) is 0 Å². The normalized spacial score (nSPS) is 12.6. The summed E-state index contributed by atoms with van der Waals surface area (Å²) in [7, 11) is 2.09. The van der Waals surface area contributed by atoms with Crippen molar-refractivity contribution in [3.8, 4) is 0 Å². The molecule has 1 unspecified atom stereocenters. The average molecular weight is 229 g/mol. The second-order valence-electron chi connectivity index (χ2n) is 4.44. The van der Waals surface area contributed by atoms with Crippen LogP contribution in [0.5, 0.6) is 0 Å². The van der Waals surface area contributed by atoms with Gasteiger partial charge >= 0.3 is 0 Å². The van der Waals surface area contributed by atoms with Crippen LogP contribution in [0.3, 0.4) is 0 Å². The first-order valence-corrected chi connectivity index (χ1v) is 6.01. The van der Waals surface area contributed by atoms with E-state index < -0.39 is 0 Å². The Kier molecular flexibility index (Phi) is 3.18. The number of benzene rings is 1. The van der Waals surface area contributed by atoms with Crippen LogP contribution < -0.4 is 10.6 Å². The van der Waals surface area contributed by atoms with Gasteiger partial charge in [0.15, 0.2) is 0 Å². The number of nitrogen functional groups attached to an aromatic ring is 1. The van der Waals surface area contributed by atoms with E-state index in [1.165, 1.54) is 0 Å². The second kappa shape index (κ2) is 4.62. The van der Waals surface area contributed by atoms with Crippen molar-refractivity contribution in [3.05, 3.63) is 30.5 Å². The lowest BCUT2D eigenvalue weighted by Gasteiger charge is -2.27. The van der Waals surface area contributed by atoms with Crippen molar-refractivity contribution in [2.45, 2.75) is 26.3 Å². The summed E-state index contributed by atoms with van der Waals surface area (Å²) in [5.74, 6) is 0. The van der Waals surface area contributed by atoms with Crippen molar-refractivity contribution in [1.82, 2.24) is 4.98 Å². The molecule has 0 fully saturated rings. The molecular weight excluding hydrogens is 210 g/mol. The van der Waals surface area contributed by atoms with Gasteiger partial charge in [-0.1, -0.05) is 6.92 Å². The standard InChI is InChI=1S/C14H19N3/c1-4-10(2)17(3)13-8-7-12-11(14(13)15)6-5-9-16-12/h5-10H,4,15H2,1-3H3. The van der Waals surface area contributed by atoms with E-state index >= 15 is 0 Å². The maximum atomic E-state index is 6.23. The number of pyridine rings is 1. The van der Waals surface area contributed by atoms with Gasteiger partial charge in [0.05, 0.1) is 16.9 Å². The van der Waals surface area contributed by atoms with Crippen LogP contribution in [-0.2, 0) is 0 Å². The molecule has 0 aliphatic rings. The summed E-state index contributed by atoms with van der Waals surface area (Å²) in [6.07, 6.45) is 2.89. The third-order valence-corrected chi connectivity index (χ3v) is 3.44. The summed E-state index contributed by atoms with van der Waals surface area (Å²) >= 11 is 0. The fourth-order valence-corrected chi connectivity index (χ4v) is 1.98. The Morgan fingerprint density at radius 2 is 2.12 bits per heavy atom. The van der Waals surface area contributed by atoms with Crippen LogP contribution in [0.4, 0.5) is 11.4 Å². The minimum atomic E-state index is 0.478. The number of hydrogen-bond donors (Lipinski definition) is 1. The first-order valence-electron chi connectivity index (χ1n) is 6.01. The van der Waals surface area contributed by atoms with Gasteiger partial charge in [0.2, 0.25) is 0 Å². The summed E-state index contributed by atoms with van der Waals surface area (Å²) < 4.78 is 0. The Balaban J connectivity index is 2.52. The summed E-state index contributed by atoms with van der Waals surface area (Å²) in [5, 5.41) is 1.03. The summed E-state index contributed by atoms with van der Waals surface area (Å²) in [6, 6.07) is 8.50. The van der Waals surface area contributed by atoms with Crippen molar-refractivity contribution >= 4 is 22.3 Å². The predicted octanol–water partition coefficient (Wildman–Crippen LogP) is 3.05. The Bertz CT molecular complexity index is 522. The Morgan fingerprint density at radius 1 is 1.35 bits per heavy atom. The summed E-state index contributed by atoms with van der Waals surface area (Å²) in [5.41, 5.74) is 9.08. The lowest BCUT2D eigenvalue weighted by molar-refractivity contribution is 0.665. The molecule has 3 heteroatoms. The fraction of sp³-hybridized carbons (Fsp3) is 0.357. The number of nitrogens with zero attached hydrogens (tertiary/aromatic N) is 2.